The van der Waals surface area contributed by atoms with Crippen LogP contribution >= 0.6 is 0 Å². The first-order chi connectivity index (χ1) is 9.61. The Hall–Kier alpha value is -1.88. The van der Waals surface area contributed by atoms with Crippen molar-refractivity contribution in [3.63, 3.8) is 0 Å². The van der Waals surface area contributed by atoms with Gasteiger partial charge in [0.25, 0.3) is 0 Å². The molecule has 1 N–H and O–H groups in total. The van der Waals surface area contributed by atoms with Crippen LogP contribution in [-0.4, -0.2) is 33.0 Å². The third-order valence-electron chi connectivity index (χ3n) is 3.23. The summed E-state index contributed by atoms with van der Waals surface area (Å²) in [6, 6.07) is 1.85. The average Bonchev–Trinajstić information content (AvgIpc) is 2.41. The number of hydrogen-bond donors (Lipinski definition) is 1. The van der Waals surface area contributed by atoms with E-state index in [4.69, 9.17) is 0 Å². The highest BCUT2D eigenvalue weighted by molar-refractivity contribution is 5.49. The summed E-state index contributed by atoms with van der Waals surface area (Å²) < 4.78 is 0. The van der Waals surface area contributed by atoms with Gasteiger partial charge in [0, 0.05) is 17.6 Å². The van der Waals surface area contributed by atoms with E-state index in [0.29, 0.717) is 5.82 Å². The summed E-state index contributed by atoms with van der Waals surface area (Å²) in [5.74, 6) is 1.41. The average molecular weight is 271 g/mol. The molecule has 0 saturated carbocycles. The van der Waals surface area contributed by atoms with Gasteiger partial charge in [0.05, 0.1) is 0 Å². The highest BCUT2D eigenvalue weighted by atomic mass is 15.0. The monoisotopic (exact) mass is 271 g/mol. The minimum absolute atomic E-state index is 0.678. The van der Waals surface area contributed by atoms with E-state index < -0.39 is 0 Å². The van der Waals surface area contributed by atoms with Crippen LogP contribution in [0.15, 0.2) is 12.3 Å². The molecule has 0 bridgehead atoms. The van der Waals surface area contributed by atoms with Crippen LogP contribution in [0.4, 0.5) is 0 Å². The van der Waals surface area contributed by atoms with Crippen LogP contribution in [0.5, 0.6) is 0 Å². The van der Waals surface area contributed by atoms with E-state index in [2.05, 4.69) is 32.2 Å². The molecular weight excluding hydrogens is 250 g/mol. The Morgan fingerprint density at radius 1 is 1.05 bits per heavy atom. The molecule has 0 unspecified atom stereocenters. The van der Waals surface area contributed by atoms with Crippen molar-refractivity contribution in [1.29, 1.82) is 0 Å². The van der Waals surface area contributed by atoms with Crippen LogP contribution in [0.1, 0.15) is 29.7 Å². The van der Waals surface area contributed by atoms with E-state index in [1.165, 1.54) is 5.56 Å². The van der Waals surface area contributed by atoms with E-state index in [1.54, 1.807) is 6.20 Å². The van der Waals surface area contributed by atoms with Crippen LogP contribution in [-0.2, 0) is 6.42 Å². The highest BCUT2D eigenvalue weighted by Crippen LogP contribution is 2.17. The number of nitrogens with zero attached hydrogens (tertiary/aromatic N) is 4. The SMILES string of the molecule is CCNCCc1c(C)nc(-c2ccnc(C)n2)nc1C. The van der Waals surface area contributed by atoms with Crippen molar-refractivity contribution < 1.29 is 0 Å². The van der Waals surface area contributed by atoms with E-state index in [1.807, 2.05) is 26.8 Å². The predicted molar refractivity (Wildman–Crippen MR) is 79.5 cm³/mol. The standard InChI is InChI=1S/C15H21N5/c1-5-16-8-6-13-10(2)18-15(19-11(13)3)14-7-9-17-12(4)20-14/h7,9,16H,5-6,8H2,1-4H3. The topological polar surface area (TPSA) is 63.6 Å². The third-order valence-corrected chi connectivity index (χ3v) is 3.23. The number of rotatable bonds is 5. The van der Waals surface area contributed by atoms with Crippen LogP contribution < -0.4 is 5.32 Å². The summed E-state index contributed by atoms with van der Waals surface area (Å²) in [6.07, 6.45) is 2.69. The summed E-state index contributed by atoms with van der Waals surface area (Å²) in [5.41, 5.74) is 4.06. The van der Waals surface area contributed by atoms with Crippen molar-refractivity contribution in [1.82, 2.24) is 25.3 Å². The molecule has 0 aromatic carbocycles. The second kappa shape index (κ2) is 6.52. The van der Waals surface area contributed by atoms with E-state index in [-0.39, 0.29) is 0 Å². The molecule has 0 spiro atoms. The summed E-state index contributed by atoms with van der Waals surface area (Å²) in [6.45, 7) is 9.98. The lowest BCUT2D eigenvalue weighted by molar-refractivity contribution is 0.708. The molecule has 2 aromatic rings. The zero-order valence-electron chi connectivity index (χ0n) is 12.6. The summed E-state index contributed by atoms with van der Waals surface area (Å²) >= 11 is 0. The zero-order chi connectivity index (χ0) is 14.5. The molecule has 2 rings (SSSR count). The third kappa shape index (κ3) is 3.36. The lowest BCUT2D eigenvalue weighted by Crippen LogP contribution is -2.18. The van der Waals surface area contributed by atoms with E-state index in [9.17, 15) is 0 Å². The van der Waals surface area contributed by atoms with Crippen LogP contribution in [0.3, 0.4) is 0 Å². The molecule has 0 aliphatic carbocycles. The van der Waals surface area contributed by atoms with Gasteiger partial charge in [-0.15, -0.1) is 0 Å². The minimum Gasteiger partial charge on any atom is -0.317 e. The van der Waals surface area contributed by atoms with Gasteiger partial charge in [-0.2, -0.15) is 0 Å². The second-order valence-electron chi connectivity index (χ2n) is 4.79. The molecule has 0 aliphatic heterocycles. The molecule has 0 aliphatic rings. The van der Waals surface area contributed by atoms with Gasteiger partial charge in [0.1, 0.15) is 11.5 Å². The fourth-order valence-electron chi connectivity index (χ4n) is 2.19. The van der Waals surface area contributed by atoms with Gasteiger partial charge in [0.2, 0.25) is 0 Å². The molecular formula is C15H21N5. The van der Waals surface area contributed by atoms with Crippen molar-refractivity contribution in [2.75, 3.05) is 13.1 Å². The fourth-order valence-corrected chi connectivity index (χ4v) is 2.19. The Kier molecular flexibility index (Phi) is 4.74. The maximum Gasteiger partial charge on any atom is 0.178 e. The van der Waals surface area contributed by atoms with Crippen molar-refractivity contribution >= 4 is 0 Å². The van der Waals surface area contributed by atoms with E-state index >= 15 is 0 Å². The summed E-state index contributed by atoms with van der Waals surface area (Å²) in [7, 11) is 0. The molecule has 0 amide bonds. The molecule has 2 aromatic heterocycles. The number of likely N-dealkylation sites (N-methyl/N-ethyl adjacent to an activating group) is 1. The van der Waals surface area contributed by atoms with Gasteiger partial charge in [0.15, 0.2) is 5.82 Å². The van der Waals surface area contributed by atoms with Crippen molar-refractivity contribution in [3.05, 3.63) is 35.0 Å². The van der Waals surface area contributed by atoms with Gasteiger partial charge in [-0.05, 0) is 51.9 Å². The molecule has 0 saturated heterocycles. The lowest BCUT2D eigenvalue weighted by atomic mass is 10.1. The minimum atomic E-state index is 0.678. The maximum absolute atomic E-state index is 4.59. The predicted octanol–water partition coefficient (Wildman–Crippen LogP) is 2.01. The molecule has 20 heavy (non-hydrogen) atoms. The second-order valence-corrected chi connectivity index (χ2v) is 4.79. The van der Waals surface area contributed by atoms with Crippen LogP contribution in [0.2, 0.25) is 0 Å². The Morgan fingerprint density at radius 2 is 1.75 bits per heavy atom. The van der Waals surface area contributed by atoms with Crippen molar-refractivity contribution in [2.24, 2.45) is 0 Å². The van der Waals surface area contributed by atoms with Gasteiger partial charge < -0.3 is 5.32 Å². The number of aromatic nitrogens is 4. The largest absolute Gasteiger partial charge is 0.317 e. The molecule has 2 heterocycles. The Balaban J connectivity index is 2.30. The van der Waals surface area contributed by atoms with Crippen LogP contribution in [0, 0.1) is 20.8 Å². The first-order valence-electron chi connectivity index (χ1n) is 6.96. The van der Waals surface area contributed by atoms with Gasteiger partial charge in [-0.1, -0.05) is 6.92 Å². The highest BCUT2D eigenvalue weighted by Gasteiger charge is 2.10. The van der Waals surface area contributed by atoms with E-state index in [0.717, 1.165) is 42.4 Å². The van der Waals surface area contributed by atoms with Gasteiger partial charge in [-0.25, -0.2) is 19.9 Å². The van der Waals surface area contributed by atoms with Crippen molar-refractivity contribution in [3.8, 4) is 11.5 Å². The normalized spacial score (nSPS) is 10.8. The smallest absolute Gasteiger partial charge is 0.178 e. The Morgan fingerprint density at radius 3 is 2.35 bits per heavy atom. The Bertz CT molecular complexity index is 572. The number of hydrogen-bond acceptors (Lipinski definition) is 5. The van der Waals surface area contributed by atoms with Gasteiger partial charge >= 0.3 is 0 Å². The van der Waals surface area contributed by atoms with Crippen LogP contribution in [0.25, 0.3) is 11.5 Å². The molecule has 5 nitrogen and oxygen atoms in total. The number of aryl methyl sites for hydroxylation is 3. The van der Waals surface area contributed by atoms with Gasteiger partial charge in [-0.3, -0.25) is 0 Å². The molecule has 0 atom stereocenters. The molecule has 106 valence electrons. The lowest BCUT2D eigenvalue weighted by Gasteiger charge is -2.11. The first-order valence-corrected chi connectivity index (χ1v) is 6.96. The van der Waals surface area contributed by atoms with Crippen molar-refractivity contribution in [2.45, 2.75) is 34.1 Å². The Labute approximate surface area is 119 Å². The first kappa shape index (κ1) is 14.5. The quantitative estimate of drug-likeness (QED) is 0.843. The summed E-state index contributed by atoms with van der Waals surface area (Å²) in [5, 5.41) is 3.33. The zero-order valence-corrected chi connectivity index (χ0v) is 12.6. The fraction of sp³-hybridized carbons (Fsp3) is 0.467. The molecule has 0 radical (unpaired) electrons. The molecule has 5 heteroatoms. The maximum atomic E-state index is 4.59. The molecule has 0 fully saturated rings. The number of nitrogens with one attached hydrogen (secondary N) is 1. The summed E-state index contributed by atoms with van der Waals surface area (Å²) in [4.78, 5) is 17.7.